The van der Waals surface area contributed by atoms with Crippen LogP contribution < -0.4 is 0 Å². The lowest BCUT2D eigenvalue weighted by Gasteiger charge is -2.27. The van der Waals surface area contributed by atoms with Crippen molar-refractivity contribution in [2.45, 2.75) is 33.1 Å². The maximum atomic E-state index is 10.6. The standard InChI is InChI=1S/C13H16OS/c1-13(2)7-3-4-10(8-13)12-6-5-11(9-14)15-12/h5-6,8-9H,3-4,7H2,1-2H3. The van der Waals surface area contributed by atoms with Crippen molar-refractivity contribution in [1.82, 2.24) is 0 Å². The van der Waals surface area contributed by atoms with Crippen LogP contribution >= 0.6 is 11.3 Å². The lowest BCUT2D eigenvalue weighted by atomic mass is 9.79. The Morgan fingerprint density at radius 2 is 2.20 bits per heavy atom. The van der Waals surface area contributed by atoms with E-state index >= 15 is 0 Å². The van der Waals surface area contributed by atoms with Gasteiger partial charge in [-0.1, -0.05) is 19.9 Å². The van der Waals surface area contributed by atoms with E-state index in [4.69, 9.17) is 0 Å². The summed E-state index contributed by atoms with van der Waals surface area (Å²) in [6, 6.07) is 3.98. The molecular weight excluding hydrogens is 204 g/mol. The minimum absolute atomic E-state index is 0.318. The molecule has 0 atom stereocenters. The van der Waals surface area contributed by atoms with Crippen molar-refractivity contribution in [3.05, 3.63) is 28.0 Å². The van der Waals surface area contributed by atoms with Crippen LogP contribution in [0.2, 0.25) is 0 Å². The van der Waals surface area contributed by atoms with Crippen molar-refractivity contribution in [3.8, 4) is 0 Å². The maximum Gasteiger partial charge on any atom is 0.160 e. The molecule has 0 fully saturated rings. The summed E-state index contributed by atoms with van der Waals surface area (Å²) in [7, 11) is 0. The molecule has 0 saturated heterocycles. The molecule has 2 rings (SSSR count). The monoisotopic (exact) mass is 220 g/mol. The summed E-state index contributed by atoms with van der Waals surface area (Å²) in [6.45, 7) is 4.56. The molecular formula is C13H16OS. The molecule has 2 heteroatoms. The smallest absolute Gasteiger partial charge is 0.160 e. The Morgan fingerprint density at radius 3 is 2.80 bits per heavy atom. The van der Waals surface area contributed by atoms with Crippen molar-refractivity contribution < 1.29 is 4.79 Å². The van der Waals surface area contributed by atoms with Gasteiger partial charge in [-0.15, -0.1) is 11.3 Å². The van der Waals surface area contributed by atoms with E-state index in [-0.39, 0.29) is 0 Å². The zero-order chi connectivity index (χ0) is 10.9. The lowest BCUT2D eigenvalue weighted by molar-refractivity contribution is 0.112. The molecule has 0 radical (unpaired) electrons. The minimum Gasteiger partial charge on any atom is -0.297 e. The van der Waals surface area contributed by atoms with Gasteiger partial charge < -0.3 is 0 Å². The van der Waals surface area contributed by atoms with Gasteiger partial charge in [-0.05, 0) is 42.4 Å². The van der Waals surface area contributed by atoms with Gasteiger partial charge in [0.05, 0.1) is 4.88 Å². The van der Waals surface area contributed by atoms with Crippen LogP contribution in [0.1, 0.15) is 47.7 Å². The molecule has 0 N–H and O–H groups in total. The van der Waals surface area contributed by atoms with Gasteiger partial charge in [0.1, 0.15) is 0 Å². The molecule has 0 amide bonds. The molecule has 1 aromatic heterocycles. The topological polar surface area (TPSA) is 17.1 Å². The Bertz CT molecular complexity index is 398. The number of carbonyl (C=O) groups excluding carboxylic acids is 1. The summed E-state index contributed by atoms with van der Waals surface area (Å²) in [4.78, 5) is 12.7. The number of aldehydes is 1. The molecule has 15 heavy (non-hydrogen) atoms. The van der Waals surface area contributed by atoms with Crippen molar-refractivity contribution in [2.75, 3.05) is 0 Å². The summed E-state index contributed by atoms with van der Waals surface area (Å²) in [5.41, 5.74) is 1.74. The predicted molar refractivity (Wildman–Crippen MR) is 65.3 cm³/mol. The van der Waals surface area contributed by atoms with E-state index in [0.29, 0.717) is 5.41 Å². The fourth-order valence-corrected chi connectivity index (χ4v) is 3.00. The first-order valence-electron chi connectivity index (χ1n) is 5.38. The number of rotatable bonds is 2. The molecule has 1 nitrogen and oxygen atoms in total. The molecule has 0 unspecified atom stereocenters. The first kappa shape index (κ1) is 10.6. The van der Waals surface area contributed by atoms with Gasteiger partial charge in [0.25, 0.3) is 0 Å². The van der Waals surface area contributed by atoms with Crippen LogP contribution in [-0.4, -0.2) is 6.29 Å². The fourth-order valence-electron chi connectivity index (χ4n) is 2.13. The Morgan fingerprint density at radius 1 is 1.40 bits per heavy atom. The molecule has 0 saturated carbocycles. The third-order valence-electron chi connectivity index (χ3n) is 2.89. The van der Waals surface area contributed by atoms with E-state index in [2.05, 4.69) is 26.0 Å². The molecule has 80 valence electrons. The molecule has 0 bridgehead atoms. The number of allylic oxidation sites excluding steroid dienone is 2. The van der Waals surface area contributed by atoms with Gasteiger partial charge in [-0.3, -0.25) is 4.79 Å². The first-order chi connectivity index (χ1) is 7.11. The average Bonchev–Trinajstić information content (AvgIpc) is 2.64. The van der Waals surface area contributed by atoms with Crippen LogP contribution in [0, 0.1) is 5.41 Å². The second-order valence-corrected chi connectivity index (χ2v) is 5.95. The van der Waals surface area contributed by atoms with Crippen LogP contribution in [0.4, 0.5) is 0 Å². The van der Waals surface area contributed by atoms with Gasteiger partial charge >= 0.3 is 0 Å². The highest BCUT2D eigenvalue weighted by atomic mass is 32.1. The second-order valence-electron chi connectivity index (χ2n) is 4.83. The number of hydrogen-bond acceptors (Lipinski definition) is 2. The zero-order valence-electron chi connectivity index (χ0n) is 9.25. The van der Waals surface area contributed by atoms with Crippen LogP contribution in [0.15, 0.2) is 18.2 Å². The van der Waals surface area contributed by atoms with Gasteiger partial charge in [0, 0.05) is 4.88 Å². The third-order valence-corrected chi connectivity index (χ3v) is 3.98. The SMILES string of the molecule is CC1(C)C=C(c2ccc(C=O)s2)CCC1. The molecule has 0 spiro atoms. The molecule has 0 aromatic carbocycles. The van der Waals surface area contributed by atoms with Crippen LogP contribution in [0.5, 0.6) is 0 Å². The Kier molecular flexibility index (Phi) is 2.79. The van der Waals surface area contributed by atoms with Gasteiger partial charge in [-0.2, -0.15) is 0 Å². The number of thiophene rings is 1. The predicted octanol–water partition coefficient (Wildman–Crippen LogP) is 4.15. The summed E-state index contributed by atoms with van der Waals surface area (Å²) in [5, 5.41) is 0. The number of hydrogen-bond donors (Lipinski definition) is 0. The molecule has 1 aliphatic carbocycles. The first-order valence-corrected chi connectivity index (χ1v) is 6.19. The van der Waals surface area contributed by atoms with Crippen molar-refractivity contribution in [1.29, 1.82) is 0 Å². The zero-order valence-corrected chi connectivity index (χ0v) is 10.1. The van der Waals surface area contributed by atoms with E-state index in [9.17, 15) is 4.79 Å². The van der Waals surface area contributed by atoms with Gasteiger partial charge in [0.15, 0.2) is 6.29 Å². The van der Waals surface area contributed by atoms with Crippen molar-refractivity contribution in [2.24, 2.45) is 5.41 Å². The van der Waals surface area contributed by atoms with E-state index in [1.165, 1.54) is 23.3 Å². The molecule has 1 heterocycles. The third kappa shape index (κ3) is 2.37. The largest absolute Gasteiger partial charge is 0.297 e. The summed E-state index contributed by atoms with van der Waals surface area (Å²) in [6.07, 6.45) is 6.98. The molecule has 1 aromatic rings. The lowest BCUT2D eigenvalue weighted by Crippen LogP contribution is -2.12. The quantitative estimate of drug-likeness (QED) is 0.684. The minimum atomic E-state index is 0.318. The Balaban J connectivity index is 2.30. The highest BCUT2D eigenvalue weighted by Gasteiger charge is 2.21. The normalized spacial score (nSPS) is 19.7. The molecule has 1 aliphatic rings. The van der Waals surface area contributed by atoms with Crippen LogP contribution in [0.25, 0.3) is 5.57 Å². The summed E-state index contributed by atoms with van der Waals surface area (Å²) < 4.78 is 0. The van der Waals surface area contributed by atoms with Gasteiger partial charge in [0.2, 0.25) is 0 Å². The van der Waals surface area contributed by atoms with E-state index in [0.717, 1.165) is 17.6 Å². The Hall–Kier alpha value is -0.890. The average molecular weight is 220 g/mol. The van der Waals surface area contributed by atoms with Crippen molar-refractivity contribution >= 4 is 23.2 Å². The highest BCUT2D eigenvalue weighted by molar-refractivity contribution is 7.14. The summed E-state index contributed by atoms with van der Waals surface area (Å²) in [5.74, 6) is 0. The maximum absolute atomic E-state index is 10.6. The fraction of sp³-hybridized carbons (Fsp3) is 0.462. The van der Waals surface area contributed by atoms with Crippen LogP contribution in [-0.2, 0) is 0 Å². The van der Waals surface area contributed by atoms with E-state index < -0.39 is 0 Å². The van der Waals surface area contributed by atoms with Crippen molar-refractivity contribution in [3.63, 3.8) is 0 Å². The van der Waals surface area contributed by atoms with E-state index in [1.54, 1.807) is 11.3 Å². The Labute approximate surface area is 94.8 Å². The molecule has 0 aliphatic heterocycles. The van der Waals surface area contributed by atoms with E-state index in [1.807, 2.05) is 6.07 Å². The number of carbonyl (C=O) groups is 1. The van der Waals surface area contributed by atoms with Crippen LogP contribution in [0.3, 0.4) is 0 Å². The second kappa shape index (κ2) is 3.93. The van der Waals surface area contributed by atoms with Gasteiger partial charge in [-0.25, -0.2) is 0 Å². The summed E-state index contributed by atoms with van der Waals surface area (Å²) >= 11 is 1.60. The highest BCUT2D eigenvalue weighted by Crippen LogP contribution is 2.39.